The SMILES string of the molecule is c1ccc(-c2ccc(-c3ccc4c(-c5ccc(-c6cccnc6)cc5)c5ccccc5c(-c5ccc(-c6cccnc6)cc5)c4c3)cc2)cc1. The summed E-state index contributed by atoms with van der Waals surface area (Å²) in [5.41, 5.74) is 14.2. The van der Waals surface area contributed by atoms with Crippen molar-refractivity contribution in [3.8, 4) is 66.8 Å². The van der Waals surface area contributed by atoms with Crippen molar-refractivity contribution in [3.63, 3.8) is 0 Å². The van der Waals surface area contributed by atoms with E-state index in [1.807, 2.05) is 36.9 Å². The predicted molar refractivity (Wildman–Crippen MR) is 210 cm³/mol. The van der Waals surface area contributed by atoms with E-state index in [1.165, 1.54) is 66.1 Å². The van der Waals surface area contributed by atoms with Crippen molar-refractivity contribution in [2.24, 2.45) is 0 Å². The zero-order chi connectivity index (χ0) is 33.3. The van der Waals surface area contributed by atoms with Crippen LogP contribution in [0, 0.1) is 0 Å². The molecule has 0 aliphatic rings. The largest absolute Gasteiger partial charge is 0.264 e. The molecule has 2 heterocycles. The minimum Gasteiger partial charge on any atom is -0.264 e. The summed E-state index contributed by atoms with van der Waals surface area (Å²) in [4.78, 5) is 8.68. The molecule has 2 heteroatoms. The third-order valence-electron chi connectivity index (χ3n) is 9.69. The van der Waals surface area contributed by atoms with Crippen LogP contribution in [-0.2, 0) is 0 Å². The van der Waals surface area contributed by atoms with Crippen molar-refractivity contribution in [3.05, 3.63) is 195 Å². The van der Waals surface area contributed by atoms with E-state index in [1.54, 1.807) is 0 Å². The fraction of sp³-hybridized carbons (Fsp3) is 0. The minimum absolute atomic E-state index is 1.11. The summed E-state index contributed by atoms with van der Waals surface area (Å²) in [6, 6.07) is 61.4. The third kappa shape index (κ3) is 5.43. The highest BCUT2D eigenvalue weighted by atomic mass is 14.6. The number of fused-ring (bicyclic) bond motifs is 2. The number of hydrogen-bond donors (Lipinski definition) is 0. The van der Waals surface area contributed by atoms with Crippen molar-refractivity contribution in [2.45, 2.75) is 0 Å². The molecule has 9 rings (SSSR count). The minimum atomic E-state index is 1.11. The predicted octanol–water partition coefficient (Wildman–Crippen LogP) is 12.8. The van der Waals surface area contributed by atoms with Crippen LogP contribution in [0.4, 0.5) is 0 Å². The van der Waals surface area contributed by atoms with Gasteiger partial charge in [0.15, 0.2) is 0 Å². The summed E-state index contributed by atoms with van der Waals surface area (Å²) in [7, 11) is 0. The smallest absolute Gasteiger partial charge is 0.0346 e. The lowest BCUT2D eigenvalue weighted by Gasteiger charge is -2.19. The van der Waals surface area contributed by atoms with Gasteiger partial charge in [0, 0.05) is 24.8 Å². The molecule has 234 valence electrons. The molecule has 9 aromatic rings. The van der Waals surface area contributed by atoms with Gasteiger partial charge in [-0.3, -0.25) is 9.97 Å². The normalized spacial score (nSPS) is 11.2. The zero-order valence-electron chi connectivity index (χ0n) is 27.4. The first kappa shape index (κ1) is 29.5. The molecule has 0 aliphatic heterocycles. The van der Waals surface area contributed by atoms with E-state index in [2.05, 4.69) is 168 Å². The molecule has 0 atom stereocenters. The van der Waals surface area contributed by atoms with Crippen molar-refractivity contribution in [2.75, 3.05) is 0 Å². The van der Waals surface area contributed by atoms with Crippen molar-refractivity contribution >= 4 is 21.5 Å². The third-order valence-corrected chi connectivity index (χ3v) is 9.69. The van der Waals surface area contributed by atoms with E-state index >= 15 is 0 Å². The van der Waals surface area contributed by atoms with Crippen LogP contribution < -0.4 is 0 Å². The fourth-order valence-corrected chi connectivity index (χ4v) is 7.19. The lowest BCUT2D eigenvalue weighted by molar-refractivity contribution is 1.33. The zero-order valence-corrected chi connectivity index (χ0v) is 27.4. The number of pyridine rings is 2. The maximum atomic E-state index is 4.34. The fourth-order valence-electron chi connectivity index (χ4n) is 7.19. The van der Waals surface area contributed by atoms with E-state index in [-0.39, 0.29) is 0 Å². The van der Waals surface area contributed by atoms with Gasteiger partial charge < -0.3 is 0 Å². The standard InChI is InChI=1S/C48H32N2/c1-2-8-33(9-3-1)34-14-16-35(17-15-34)40-26-27-45-46(30-40)48(39-24-20-37(21-25-39)42-11-7-29-50-32-42)44-13-5-4-12-43(44)47(45)38-22-18-36(19-23-38)41-10-6-28-49-31-41/h1-32H. The Morgan fingerprint density at radius 1 is 0.240 bits per heavy atom. The maximum Gasteiger partial charge on any atom is 0.0346 e. The summed E-state index contributed by atoms with van der Waals surface area (Å²) >= 11 is 0. The maximum absolute atomic E-state index is 4.34. The number of rotatable bonds is 6. The Balaban J connectivity index is 1.25. The number of hydrogen-bond acceptors (Lipinski definition) is 2. The summed E-state index contributed by atoms with van der Waals surface area (Å²) in [6.45, 7) is 0. The molecule has 2 nitrogen and oxygen atoms in total. The van der Waals surface area contributed by atoms with E-state index in [0.29, 0.717) is 0 Å². The average Bonchev–Trinajstić information content (AvgIpc) is 3.21. The van der Waals surface area contributed by atoms with Gasteiger partial charge in [0.2, 0.25) is 0 Å². The van der Waals surface area contributed by atoms with Gasteiger partial charge in [-0.05, 0) is 107 Å². The van der Waals surface area contributed by atoms with Crippen molar-refractivity contribution in [1.82, 2.24) is 9.97 Å². The first-order valence-corrected chi connectivity index (χ1v) is 17.0. The van der Waals surface area contributed by atoms with Crippen LogP contribution in [0.25, 0.3) is 88.3 Å². The highest BCUT2D eigenvalue weighted by Gasteiger charge is 2.18. The molecule has 0 saturated carbocycles. The van der Waals surface area contributed by atoms with E-state index < -0.39 is 0 Å². The Hall–Kier alpha value is -6.64. The van der Waals surface area contributed by atoms with Gasteiger partial charge in [0.05, 0.1) is 0 Å². The first-order chi connectivity index (χ1) is 24.8. The monoisotopic (exact) mass is 636 g/mol. The van der Waals surface area contributed by atoms with Gasteiger partial charge in [-0.2, -0.15) is 0 Å². The molecular weight excluding hydrogens is 605 g/mol. The Morgan fingerprint density at radius 3 is 1.10 bits per heavy atom. The van der Waals surface area contributed by atoms with Gasteiger partial charge in [0.1, 0.15) is 0 Å². The van der Waals surface area contributed by atoms with Crippen LogP contribution in [0.3, 0.4) is 0 Å². The Labute approximate surface area is 292 Å². The molecule has 50 heavy (non-hydrogen) atoms. The van der Waals surface area contributed by atoms with Crippen LogP contribution in [0.2, 0.25) is 0 Å². The molecule has 0 bridgehead atoms. The molecule has 0 saturated heterocycles. The van der Waals surface area contributed by atoms with Crippen molar-refractivity contribution < 1.29 is 0 Å². The Bertz CT molecular complexity index is 2580. The van der Waals surface area contributed by atoms with E-state index in [0.717, 1.165) is 22.3 Å². The number of nitrogens with zero attached hydrogens (tertiary/aromatic N) is 2. The van der Waals surface area contributed by atoms with Crippen LogP contribution in [0.1, 0.15) is 0 Å². The number of aromatic nitrogens is 2. The van der Waals surface area contributed by atoms with Gasteiger partial charge in [-0.1, -0.05) is 152 Å². The van der Waals surface area contributed by atoms with Gasteiger partial charge in [-0.15, -0.1) is 0 Å². The lowest BCUT2D eigenvalue weighted by Crippen LogP contribution is -1.92. The molecule has 0 fully saturated rings. The Morgan fingerprint density at radius 2 is 0.600 bits per heavy atom. The van der Waals surface area contributed by atoms with Gasteiger partial charge in [-0.25, -0.2) is 0 Å². The highest BCUT2D eigenvalue weighted by molar-refractivity contribution is 6.22. The second-order valence-corrected chi connectivity index (χ2v) is 12.6. The average molecular weight is 637 g/mol. The molecule has 0 amide bonds. The summed E-state index contributed by atoms with van der Waals surface area (Å²) < 4.78 is 0. The highest BCUT2D eigenvalue weighted by Crippen LogP contribution is 2.45. The molecule has 0 spiro atoms. The molecule has 0 aliphatic carbocycles. The second kappa shape index (κ2) is 12.8. The molecule has 2 aromatic heterocycles. The van der Waals surface area contributed by atoms with Crippen LogP contribution in [0.15, 0.2) is 195 Å². The van der Waals surface area contributed by atoms with Gasteiger partial charge in [0.25, 0.3) is 0 Å². The van der Waals surface area contributed by atoms with Gasteiger partial charge >= 0.3 is 0 Å². The molecule has 0 N–H and O–H groups in total. The van der Waals surface area contributed by atoms with Crippen LogP contribution >= 0.6 is 0 Å². The summed E-state index contributed by atoms with van der Waals surface area (Å²) in [6.07, 6.45) is 7.47. The summed E-state index contributed by atoms with van der Waals surface area (Å²) in [5, 5.41) is 4.93. The quantitative estimate of drug-likeness (QED) is 0.170. The lowest BCUT2D eigenvalue weighted by atomic mass is 9.84. The van der Waals surface area contributed by atoms with E-state index in [4.69, 9.17) is 0 Å². The van der Waals surface area contributed by atoms with Crippen molar-refractivity contribution in [1.29, 1.82) is 0 Å². The molecule has 7 aromatic carbocycles. The topological polar surface area (TPSA) is 25.8 Å². The summed E-state index contributed by atoms with van der Waals surface area (Å²) in [5.74, 6) is 0. The Kier molecular flexibility index (Phi) is 7.53. The molecule has 0 radical (unpaired) electrons. The van der Waals surface area contributed by atoms with E-state index in [9.17, 15) is 0 Å². The molecule has 0 unspecified atom stereocenters. The first-order valence-electron chi connectivity index (χ1n) is 17.0. The van der Waals surface area contributed by atoms with Crippen LogP contribution in [0.5, 0.6) is 0 Å². The molecular formula is C48H32N2. The van der Waals surface area contributed by atoms with Crippen LogP contribution in [-0.4, -0.2) is 9.97 Å². The number of benzene rings is 7. The second-order valence-electron chi connectivity index (χ2n) is 12.6.